The Balaban J connectivity index is 1.52. The largest absolute Gasteiger partial charge is 0.467 e. The second-order valence-corrected chi connectivity index (χ2v) is 4.47. The first kappa shape index (κ1) is 14.3. The van der Waals surface area contributed by atoms with E-state index in [2.05, 4.69) is 11.4 Å². The Morgan fingerprint density at radius 3 is 2.75 bits per heavy atom. The fourth-order valence-corrected chi connectivity index (χ4v) is 1.80. The lowest BCUT2D eigenvalue weighted by atomic mass is 10.1. The van der Waals surface area contributed by atoms with Gasteiger partial charge in [0.2, 0.25) is 0 Å². The maximum Gasteiger partial charge on any atom is 0.129 e. The number of ether oxygens (including phenoxy) is 1. The van der Waals surface area contributed by atoms with Gasteiger partial charge in [0.15, 0.2) is 0 Å². The quantitative estimate of drug-likeness (QED) is 0.749. The molecule has 1 N–H and O–H groups in total. The summed E-state index contributed by atoms with van der Waals surface area (Å²) in [6, 6.07) is 13.5. The molecule has 0 fully saturated rings. The van der Waals surface area contributed by atoms with Gasteiger partial charge in [-0.15, -0.1) is 0 Å². The van der Waals surface area contributed by atoms with Crippen molar-refractivity contribution in [1.29, 1.82) is 5.26 Å². The van der Waals surface area contributed by atoms with Gasteiger partial charge in [-0.2, -0.15) is 5.26 Å². The Hall–Kier alpha value is -2.09. The molecule has 0 aliphatic carbocycles. The predicted octanol–water partition coefficient (Wildman–Crippen LogP) is 2.85. The predicted molar refractivity (Wildman–Crippen MR) is 75.8 cm³/mol. The van der Waals surface area contributed by atoms with Crippen LogP contribution in [0.2, 0.25) is 0 Å². The number of hydrogen-bond donors (Lipinski definition) is 1. The molecule has 104 valence electrons. The highest BCUT2D eigenvalue weighted by Gasteiger charge is 1.96. The molecule has 1 aromatic carbocycles. The van der Waals surface area contributed by atoms with E-state index in [1.54, 1.807) is 6.26 Å². The van der Waals surface area contributed by atoms with E-state index in [1.807, 2.05) is 36.4 Å². The molecule has 4 nitrogen and oxygen atoms in total. The molecule has 0 saturated carbocycles. The van der Waals surface area contributed by atoms with E-state index in [-0.39, 0.29) is 0 Å². The maximum atomic E-state index is 8.71. The van der Waals surface area contributed by atoms with Gasteiger partial charge < -0.3 is 14.5 Å². The molecule has 0 atom stereocenters. The summed E-state index contributed by atoms with van der Waals surface area (Å²) in [5, 5.41) is 12.1. The van der Waals surface area contributed by atoms with E-state index in [4.69, 9.17) is 14.4 Å². The topological polar surface area (TPSA) is 58.2 Å². The van der Waals surface area contributed by atoms with E-state index < -0.39 is 0 Å². The molecule has 2 rings (SSSR count). The number of benzene rings is 1. The normalized spacial score (nSPS) is 10.3. The van der Waals surface area contributed by atoms with Crippen molar-refractivity contribution < 1.29 is 9.15 Å². The van der Waals surface area contributed by atoms with Gasteiger partial charge in [-0.25, -0.2) is 0 Å². The number of nitrogens with one attached hydrogen (secondary N) is 1. The molecule has 20 heavy (non-hydrogen) atoms. The highest BCUT2D eigenvalue weighted by atomic mass is 16.5. The van der Waals surface area contributed by atoms with Crippen molar-refractivity contribution in [2.45, 2.75) is 19.6 Å². The zero-order valence-corrected chi connectivity index (χ0v) is 11.3. The summed E-state index contributed by atoms with van der Waals surface area (Å²) in [6.07, 6.45) is 2.61. The molecule has 1 aromatic heterocycles. The summed E-state index contributed by atoms with van der Waals surface area (Å²) in [7, 11) is 0. The average Bonchev–Trinajstić information content (AvgIpc) is 3.00. The third-order valence-corrected chi connectivity index (χ3v) is 2.88. The molecule has 1 heterocycles. The second-order valence-electron chi connectivity index (χ2n) is 4.47. The molecule has 0 radical (unpaired) electrons. The molecule has 4 heteroatoms. The first-order chi connectivity index (χ1) is 9.88. The molecule has 0 spiro atoms. The maximum absolute atomic E-state index is 8.71. The van der Waals surface area contributed by atoms with E-state index in [0.29, 0.717) is 18.8 Å². The summed E-state index contributed by atoms with van der Waals surface area (Å²) >= 11 is 0. The van der Waals surface area contributed by atoms with Crippen molar-refractivity contribution in [1.82, 2.24) is 5.32 Å². The van der Waals surface area contributed by atoms with E-state index >= 15 is 0 Å². The molecule has 0 saturated heterocycles. The van der Waals surface area contributed by atoms with E-state index in [9.17, 15) is 0 Å². The third kappa shape index (κ3) is 4.88. The molecule has 0 bridgehead atoms. The van der Waals surface area contributed by atoms with Crippen molar-refractivity contribution >= 4 is 0 Å². The minimum absolute atomic E-state index is 0.530. The van der Waals surface area contributed by atoms with Gasteiger partial charge in [0.1, 0.15) is 12.4 Å². The summed E-state index contributed by atoms with van der Waals surface area (Å²) in [4.78, 5) is 0. The average molecular weight is 270 g/mol. The fourth-order valence-electron chi connectivity index (χ4n) is 1.80. The van der Waals surface area contributed by atoms with Crippen molar-refractivity contribution in [2.75, 3.05) is 13.2 Å². The van der Waals surface area contributed by atoms with Gasteiger partial charge in [0, 0.05) is 13.2 Å². The SMILES string of the molecule is N#Cc1ccc(CNCCCOCc2ccco2)cc1. The zero-order chi connectivity index (χ0) is 14.0. The first-order valence-electron chi connectivity index (χ1n) is 6.68. The highest BCUT2D eigenvalue weighted by Crippen LogP contribution is 2.03. The number of rotatable bonds is 8. The monoisotopic (exact) mass is 270 g/mol. The zero-order valence-electron chi connectivity index (χ0n) is 11.3. The van der Waals surface area contributed by atoms with Crippen molar-refractivity contribution in [3.63, 3.8) is 0 Å². The van der Waals surface area contributed by atoms with Crippen LogP contribution < -0.4 is 5.32 Å². The summed E-state index contributed by atoms with van der Waals surface area (Å²) in [5.74, 6) is 0.857. The van der Waals surface area contributed by atoms with Gasteiger partial charge >= 0.3 is 0 Å². The third-order valence-electron chi connectivity index (χ3n) is 2.88. The van der Waals surface area contributed by atoms with Gasteiger partial charge in [-0.3, -0.25) is 0 Å². The van der Waals surface area contributed by atoms with Crippen LogP contribution in [-0.2, 0) is 17.9 Å². The minimum Gasteiger partial charge on any atom is -0.467 e. The summed E-state index contributed by atoms with van der Waals surface area (Å²) < 4.78 is 10.7. The summed E-state index contributed by atoms with van der Waals surface area (Å²) in [5.41, 5.74) is 1.88. The lowest BCUT2D eigenvalue weighted by molar-refractivity contribution is 0.104. The van der Waals surface area contributed by atoms with Crippen LogP contribution in [0.5, 0.6) is 0 Å². The van der Waals surface area contributed by atoms with Crippen LogP contribution >= 0.6 is 0 Å². The van der Waals surface area contributed by atoms with E-state index in [1.165, 1.54) is 5.56 Å². The van der Waals surface area contributed by atoms with Crippen LogP contribution in [0.25, 0.3) is 0 Å². The lowest BCUT2D eigenvalue weighted by Crippen LogP contribution is -2.16. The number of hydrogen-bond acceptors (Lipinski definition) is 4. The Bertz CT molecular complexity index is 527. The van der Waals surface area contributed by atoms with Crippen LogP contribution in [0.15, 0.2) is 47.1 Å². The van der Waals surface area contributed by atoms with Crippen LogP contribution in [0, 0.1) is 11.3 Å². The number of nitriles is 1. The van der Waals surface area contributed by atoms with Gasteiger partial charge in [0.25, 0.3) is 0 Å². The smallest absolute Gasteiger partial charge is 0.129 e. The molecule has 0 aliphatic heterocycles. The Morgan fingerprint density at radius 1 is 1.20 bits per heavy atom. The standard InChI is InChI=1S/C16H18N2O2/c17-11-14-4-6-15(7-5-14)12-18-8-2-9-19-13-16-3-1-10-20-16/h1,3-7,10,18H,2,8-9,12-13H2. The van der Waals surface area contributed by atoms with Crippen molar-refractivity contribution in [2.24, 2.45) is 0 Å². The molecule has 0 amide bonds. The first-order valence-corrected chi connectivity index (χ1v) is 6.68. The van der Waals surface area contributed by atoms with Gasteiger partial charge in [0.05, 0.1) is 17.9 Å². The van der Waals surface area contributed by atoms with E-state index in [0.717, 1.165) is 25.3 Å². The minimum atomic E-state index is 0.530. The highest BCUT2D eigenvalue weighted by molar-refractivity contribution is 5.31. The fraction of sp³-hybridized carbons (Fsp3) is 0.312. The Morgan fingerprint density at radius 2 is 2.05 bits per heavy atom. The Kier molecular flexibility index (Phi) is 5.84. The lowest BCUT2D eigenvalue weighted by Gasteiger charge is -2.05. The van der Waals surface area contributed by atoms with Crippen molar-refractivity contribution in [3.05, 3.63) is 59.5 Å². The van der Waals surface area contributed by atoms with Crippen molar-refractivity contribution in [3.8, 4) is 6.07 Å². The molecular formula is C16H18N2O2. The van der Waals surface area contributed by atoms with Gasteiger partial charge in [-0.05, 0) is 42.8 Å². The van der Waals surface area contributed by atoms with Crippen LogP contribution in [0.1, 0.15) is 23.3 Å². The molecule has 0 aliphatic rings. The molecule has 2 aromatic rings. The number of nitrogens with zero attached hydrogens (tertiary/aromatic N) is 1. The molecular weight excluding hydrogens is 252 g/mol. The van der Waals surface area contributed by atoms with Crippen LogP contribution in [-0.4, -0.2) is 13.2 Å². The van der Waals surface area contributed by atoms with Gasteiger partial charge in [-0.1, -0.05) is 12.1 Å². The second kappa shape index (κ2) is 8.16. The van der Waals surface area contributed by atoms with Crippen LogP contribution in [0.3, 0.4) is 0 Å². The molecule has 0 unspecified atom stereocenters. The Labute approximate surface area is 119 Å². The number of furan rings is 1. The summed E-state index contributed by atoms with van der Waals surface area (Å²) in [6.45, 7) is 2.95. The van der Waals surface area contributed by atoms with Crippen LogP contribution in [0.4, 0.5) is 0 Å².